The van der Waals surface area contributed by atoms with E-state index in [0.29, 0.717) is 4.47 Å². The van der Waals surface area contributed by atoms with Crippen LogP contribution < -0.4 is 4.90 Å². The van der Waals surface area contributed by atoms with Gasteiger partial charge in [-0.15, -0.1) is 0 Å². The van der Waals surface area contributed by atoms with Crippen LogP contribution in [0.4, 0.5) is 18.9 Å². The zero-order valence-electron chi connectivity index (χ0n) is 10.6. The van der Waals surface area contributed by atoms with Crippen LogP contribution in [0.5, 0.6) is 0 Å². The topological polar surface area (TPSA) is 69.1 Å². The number of azide groups is 1. The quantitative estimate of drug-likeness (QED) is 0.452. The maximum absolute atomic E-state index is 13.0. The van der Waals surface area contributed by atoms with Crippen molar-refractivity contribution in [2.24, 2.45) is 11.0 Å². The summed E-state index contributed by atoms with van der Waals surface area (Å²) < 4.78 is 39.6. The van der Waals surface area contributed by atoms with Gasteiger partial charge in [-0.3, -0.25) is 4.79 Å². The van der Waals surface area contributed by atoms with Crippen molar-refractivity contribution in [1.82, 2.24) is 0 Å². The van der Waals surface area contributed by atoms with Gasteiger partial charge in [-0.2, -0.15) is 13.2 Å². The van der Waals surface area contributed by atoms with Crippen LogP contribution in [0.15, 0.2) is 27.8 Å². The fourth-order valence-electron chi connectivity index (χ4n) is 2.26. The first kappa shape index (κ1) is 15.7. The van der Waals surface area contributed by atoms with Crippen LogP contribution in [0.25, 0.3) is 10.4 Å². The second kappa shape index (κ2) is 5.95. The molecule has 21 heavy (non-hydrogen) atoms. The molecule has 0 N–H and O–H groups in total. The van der Waals surface area contributed by atoms with Crippen molar-refractivity contribution in [2.75, 3.05) is 18.0 Å². The Kier molecular flexibility index (Phi) is 4.43. The molecule has 1 fully saturated rings. The summed E-state index contributed by atoms with van der Waals surface area (Å²) in [7, 11) is 0. The number of amides is 1. The fourth-order valence-corrected chi connectivity index (χ4v) is 2.61. The molecule has 1 atom stereocenters. The minimum Gasteiger partial charge on any atom is -0.311 e. The number of carbonyl (C=O) groups is 1. The van der Waals surface area contributed by atoms with Crippen molar-refractivity contribution in [3.05, 3.63) is 38.7 Å². The van der Waals surface area contributed by atoms with E-state index in [2.05, 4.69) is 26.0 Å². The van der Waals surface area contributed by atoms with Crippen molar-refractivity contribution >= 4 is 27.5 Å². The van der Waals surface area contributed by atoms with E-state index in [4.69, 9.17) is 5.53 Å². The Labute approximate surface area is 126 Å². The van der Waals surface area contributed by atoms with Gasteiger partial charge >= 0.3 is 6.18 Å². The first-order chi connectivity index (χ1) is 9.82. The van der Waals surface area contributed by atoms with Gasteiger partial charge in [0.2, 0.25) is 5.91 Å². The number of benzene rings is 1. The summed E-state index contributed by atoms with van der Waals surface area (Å²) in [6, 6.07) is 3.49. The molecule has 1 aliphatic rings. The summed E-state index contributed by atoms with van der Waals surface area (Å²) in [5, 5.41) is 3.38. The molecule has 1 unspecified atom stereocenters. The van der Waals surface area contributed by atoms with Crippen molar-refractivity contribution in [1.29, 1.82) is 0 Å². The SMILES string of the molecule is [N-]=[N+]=NCC1CC(=O)N(c2cc(Br)ccc2C(F)(F)F)C1. The molecule has 112 valence electrons. The smallest absolute Gasteiger partial charge is 0.311 e. The molecule has 1 aromatic rings. The average Bonchev–Trinajstić information content (AvgIpc) is 2.76. The van der Waals surface area contributed by atoms with Gasteiger partial charge in [0, 0.05) is 28.9 Å². The second-order valence-corrected chi connectivity index (χ2v) is 5.56. The first-order valence-corrected chi connectivity index (χ1v) is 6.80. The summed E-state index contributed by atoms with van der Waals surface area (Å²) in [6.07, 6.45) is -4.47. The van der Waals surface area contributed by atoms with E-state index in [1.807, 2.05) is 0 Å². The summed E-state index contributed by atoms with van der Waals surface area (Å²) in [6.45, 7) is 0.200. The van der Waals surface area contributed by atoms with Gasteiger partial charge in [-0.25, -0.2) is 0 Å². The Balaban J connectivity index is 2.35. The molecule has 1 aromatic carbocycles. The van der Waals surface area contributed by atoms with Gasteiger partial charge < -0.3 is 4.90 Å². The normalized spacial score (nSPS) is 18.8. The number of hydrogen-bond acceptors (Lipinski definition) is 2. The molecule has 1 amide bonds. The molecule has 0 bridgehead atoms. The molecule has 1 saturated heterocycles. The molecule has 0 radical (unpaired) electrons. The van der Waals surface area contributed by atoms with E-state index in [1.165, 1.54) is 12.1 Å². The largest absolute Gasteiger partial charge is 0.418 e. The molecular weight excluding hydrogens is 353 g/mol. The molecule has 9 heteroatoms. The molecule has 2 rings (SSSR count). The zero-order valence-corrected chi connectivity index (χ0v) is 12.2. The maximum Gasteiger partial charge on any atom is 0.418 e. The minimum absolute atomic E-state index is 0.0723. The van der Waals surface area contributed by atoms with Gasteiger partial charge in [-0.1, -0.05) is 21.0 Å². The Morgan fingerprint density at radius 3 is 2.81 bits per heavy atom. The van der Waals surface area contributed by atoms with Crippen molar-refractivity contribution in [2.45, 2.75) is 12.6 Å². The second-order valence-electron chi connectivity index (χ2n) is 4.65. The number of carbonyl (C=O) groups excluding carboxylic acids is 1. The molecule has 1 heterocycles. The van der Waals surface area contributed by atoms with Crippen LogP contribution in [0, 0.1) is 5.92 Å². The van der Waals surface area contributed by atoms with Crippen LogP contribution in [0.1, 0.15) is 12.0 Å². The molecule has 1 aliphatic heterocycles. The highest BCUT2D eigenvalue weighted by atomic mass is 79.9. The summed E-state index contributed by atoms with van der Waals surface area (Å²) in [4.78, 5) is 15.7. The number of halogens is 4. The lowest BCUT2D eigenvalue weighted by atomic mass is 10.1. The first-order valence-electron chi connectivity index (χ1n) is 6.01. The van der Waals surface area contributed by atoms with Gasteiger partial charge in [0.25, 0.3) is 0 Å². The number of hydrogen-bond donors (Lipinski definition) is 0. The lowest BCUT2D eigenvalue weighted by Crippen LogP contribution is -2.27. The lowest BCUT2D eigenvalue weighted by Gasteiger charge is -2.22. The zero-order chi connectivity index (χ0) is 15.6. The highest BCUT2D eigenvalue weighted by Crippen LogP contribution is 2.40. The fraction of sp³-hybridized carbons (Fsp3) is 0.417. The third kappa shape index (κ3) is 3.48. The minimum atomic E-state index is -4.54. The summed E-state index contributed by atoms with van der Waals surface area (Å²) in [5.74, 6) is -0.676. The number of nitrogens with zero attached hydrogens (tertiary/aromatic N) is 4. The number of rotatable bonds is 3. The lowest BCUT2D eigenvalue weighted by molar-refractivity contribution is -0.137. The summed E-state index contributed by atoms with van der Waals surface area (Å²) >= 11 is 3.12. The van der Waals surface area contributed by atoms with Crippen LogP contribution in [0.3, 0.4) is 0 Å². The Bertz CT molecular complexity index is 613. The van der Waals surface area contributed by atoms with Gasteiger partial charge in [-0.05, 0) is 29.6 Å². The van der Waals surface area contributed by atoms with Crippen molar-refractivity contribution in [3.8, 4) is 0 Å². The Morgan fingerprint density at radius 2 is 2.19 bits per heavy atom. The monoisotopic (exact) mass is 362 g/mol. The van der Waals surface area contributed by atoms with Gasteiger partial charge in [0.15, 0.2) is 0 Å². The predicted molar refractivity (Wildman–Crippen MR) is 73.6 cm³/mol. The molecule has 0 saturated carbocycles. The van der Waals surface area contributed by atoms with Crippen LogP contribution in [-0.4, -0.2) is 19.0 Å². The van der Waals surface area contributed by atoms with E-state index >= 15 is 0 Å². The molecule has 0 aliphatic carbocycles. The summed E-state index contributed by atoms with van der Waals surface area (Å²) in [5.41, 5.74) is 7.23. The van der Waals surface area contributed by atoms with Gasteiger partial charge in [0.05, 0.1) is 11.3 Å². The maximum atomic E-state index is 13.0. The Morgan fingerprint density at radius 1 is 1.48 bits per heavy atom. The predicted octanol–water partition coefficient (Wildman–Crippen LogP) is 4.13. The molecule has 0 aromatic heterocycles. The van der Waals surface area contributed by atoms with Crippen LogP contribution in [-0.2, 0) is 11.0 Å². The van der Waals surface area contributed by atoms with Gasteiger partial charge in [0.1, 0.15) is 0 Å². The molecular formula is C12H10BrF3N4O. The van der Waals surface area contributed by atoms with E-state index in [1.54, 1.807) is 0 Å². The third-order valence-electron chi connectivity index (χ3n) is 3.16. The van der Waals surface area contributed by atoms with E-state index < -0.39 is 17.6 Å². The van der Waals surface area contributed by atoms with Crippen LogP contribution >= 0.6 is 15.9 Å². The molecule has 5 nitrogen and oxygen atoms in total. The van der Waals surface area contributed by atoms with Crippen LogP contribution in [0.2, 0.25) is 0 Å². The number of alkyl halides is 3. The standard InChI is InChI=1S/C12H10BrF3N4O/c13-8-1-2-9(12(14,15)16)10(4-8)20-6-7(3-11(20)21)5-18-19-17/h1-2,4,7H,3,5-6H2. The third-order valence-corrected chi connectivity index (χ3v) is 3.66. The highest BCUT2D eigenvalue weighted by Gasteiger charge is 2.39. The van der Waals surface area contributed by atoms with E-state index in [0.717, 1.165) is 11.0 Å². The van der Waals surface area contributed by atoms with E-state index in [-0.39, 0.29) is 31.1 Å². The van der Waals surface area contributed by atoms with E-state index in [9.17, 15) is 18.0 Å². The average molecular weight is 363 g/mol. The Hall–Kier alpha value is -1.73. The van der Waals surface area contributed by atoms with Crippen molar-refractivity contribution in [3.63, 3.8) is 0 Å². The molecule has 0 spiro atoms. The number of anilines is 1. The van der Waals surface area contributed by atoms with Crippen molar-refractivity contribution < 1.29 is 18.0 Å². The highest BCUT2D eigenvalue weighted by molar-refractivity contribution is 9.10.